The molecule has 16 heavy (non-hydrogen) atoms. The fourth-order valence-electron chi connectivity index (χ4n) is 1.54. The van der Waals surface area contributed by atoms with Crippen molar-refractivity contribution >= 4 is 17.1 Å². The summed E-state index contributed by atoms with van der Waals surface area (Å²) in [6, 6.07) is 6.46. The van der Waals surface area contributed by atoms with Gasteiger partial charge in [-0.3, -0.25) is 4.79 Å². The normalized spacial score (nSPS) is 10.4. The summed E-state index contributed by atoms with van der Waals surface area (Å²) < 4.78 is 13.5. The standard InChI is InChI=1S/C13H11FOS/c1-8-3-4-11(14)10(7-8)12(15)13-9(2)5-6-16-13/h3-7H,1-2H3. The Morgan fingerprint density at radius 1 is 1.25 bits per heavy atom. The lowest BCUT2D eigenvalue weighted by Gasteiger charge is -2.03. The van der Waals surface area contributed by atoms with E-state index in [-0.39, 0.29) is 11.3 Å². The minimum Gasteiger partial charge on any atom is -0.288 e. The van der Waals surface area contributed by atoms with Gasteiger partial charge in [-0.25, -0.2) is 4.39 Å². The van der Waals surface area contributed by atoms with Crippen LogP contribution in [0.4, 0.5) is 4.39 Å². The van der Waals surface area contributed by atoms with E-state index in [1.54, 1.807) is 12.1 Å². The molecule has 3 heteroatoms. The van der Waals surface area contributed by atoms with E-state index in [1.165, 1.54) is 17.4 Å². The molecule has 0 spiro atoms. The van der Waals surface area contributed by atoms with E-state index in [4.69, 9.17) is 0 Å². The van der Waals surface area contributed by atoms with Crippen LogP contribution < -0.4 is 0 Å². The minimum atomic E-state index is -0.455. The lowest BCUT2D eigenvalue weighted by Crippen LogP contribution is -2.04. The van der Waals surface area contributed by atoms with Gasteiger partial charge < -0.3 is 0 Å². The van der Waals surface area contributed by atoms with Crippen molar-refractivity contribution in [3.63, 3.8) is 0 Å². The Morgan fingerprint density at radius 2 is 2.00 bits per heavy atom. The zero-order valence-corrected chi connectivity index (χ0v) is 9.90. The third-order valence-electron chi connectivity index (χ3n) is 2.43. The molecule has 2 aromatic rings. The molecule has 82 valence electrons. The second-order valence-electron chi connectivity index (χ2n) is 3.75. The number of thiophene rings is 1. The maximum atomic E-state index is 13.5. The van der Waals surface area contributed by atoms with Crippen LogP contribution in [0.15, 0.2) is 29.6 Å². The molecule has 0 radical (unpaired) electrons. The largest absolute Gasteiger partial charge is 0.288 e. The smallest absolute Gasteiger partial charge is 0.206 e. The van der Waals surface area contributed by atoms with Crippen molar-refractivity contribution in [2.75, 3.05) is 0 Å². The van der Waals surface area contributed by atoms with E-state index in [1.807, 2.05) is 25.3 Å². The highest BCUT2D eigenvalue weighted by atomic mass is 32.1. The SMILES string of the molecule is Cc1ccc(F)c(C(=O)c2sccc2C)c1. The van der Waals surface area contributed by atoms with E-state index < -0.39 is 5.82 Å². The van der Waals surface area contributed by atoms with Crippen molar-refractivity contribution in [3.8, 4) is 0 Å². The van der Waals surface area contributed by atoms with Gasteiger partial charge in [0.2, 0.25) is 5.78 Å². The number of carbonyl (C=O) groups is 1. The average Bonchev–Trinajstić information content (AvgIpc) is 2.67. The quantitative estimate of drug-likeness (QED) is 0.723. The predicted molar refractivity (Wildman–Crippen MR) is 63.6 cm³/mol. The van der Waals surface area contributed by atoms with E-state index in [0.717, 1.165) is 11.1 Å². The predicted octanol–water partition coefficient (Wildman–Crippen LogP) is 3.74. The number of hydrogen-bond acceptors (Lipinski definition) is 2. The summed E-state index contributed by atoms with van der Waals surface area (Å²) in [5.41, 5.74) is 1.94. The Hall–Kier alpha value is -1.48. The molecule has 0 bridgehead atoms. The Labute approximate surface area is 97.6 Å². The van der Waals surface area contributed by atoms with E-state index in [0.29, 0.717) is 4.88 Å². The highest BCUT2D eigenvalue weighted by Crippen LogP contribution is 2.22. The van der Waals surface area contributed by atoms with Crippen molar-refractivity contribution in [3.05, 3.63) is 57.0 Å². The second-order valence-corrected chi connectivity index (χ2v) is 4.66. The van der Waals surface area contributed by atoms with Crippen LogP contribution in [0.5, 0.6) is 0 Å². The molecule has 1 aromatic heterocycles. The number of carbonyl (C=O) groups excluding carboxylic acids is 1. The van der Waals surface area contributed by atoms with Gasteiger partial charge in [-0.1, -0.05) is 11.6 Å². The molecule has 0 aliphatic carbocycles. The molecular formula is C13H11FOS. The summed E-state index contributed by atoms with van der Waals surface area (Å²) in [7, 11) is 0. The van der Waals surface area contributed by atoms with Gasteiger partial charge in [-0.15, -0.1) is 11.3 Å². The van der Waals surface area contributed by atoms with Crippen LogP contribution in [0.1, 0.15) is 26.4 Å². The number of halogens is 1. The molecule has 1 aromatic carbocycles. The van der Waals surface area contributed by atoms with E-state index in [2.05, 4.69) is 0 Å². The zero-order valence-electron chi connectivity index (χ0n) is 9.08. The fraction of sp³-hybridized carbons (Fsp3) is 0.154. The first kappa shape index (κ1) is 11.0. The maximum Gasteiger partial charge on any atom is 0.206 e. The third kappa shape index (κ3) is 1.91. The summed E-state index contributed by atoms with van der Waals surface area (Å²) in [6.07, 6.45) is 0. The van der Waals surface area contributed by atoms with Gasteiger partial charge >= 0.3 is 0 Å². The highest BCUT2D eigenvalue weighted by molar-refractivity contribution is 7.12. The summed E-state index contributed by atoms with van der Waals surface area (Å²) in [5, 5.41) is 1.84. The summed E-state index contributed by atoms with van der Waals surface area (Å²) in [6.45, 7) is 3.70. The number of rotatable bonds is 2. The van der Waals surface area contributed by atoms with Crippen LogP contribution in [-0.2, 0) is 0 Å². The third-order valence-corrected chi connectivity index (χ3v) is 3.45. The Balaban J connectivity index is 2.49. The molecule has 1 heterocycles. The minimum absolute atomic E-state index is 0.158. The van der Waals surface area contributed by atoms with Gasteiger partial charge in [0.1, 0.15) is 5.82 Å². The van der Waals surface area contributed by atoms with Gasteiger partial charge in [0.05, 0.1) is 10.4 Å². The summed E-state index contributed by atoms with van der Waals surface area (Å²) >= 11 is 1.35. The number of aryl methyl sites for hydroxylation is 2. The highest BCUT2D eigenvalue weighted by Gasteiger charge is 2.16. The average molecular weight is 234 g/mol. The molecule has 0 amide bonds. The van der Waals surface area contributed by atoms with Gasteiger partial charge in [0, 0.05) is 0 Å². The Morgan fingerprint density at radius 3 is 2.62 bits per heavy atom. The first-order chi connectivity index (χ1) is 7.59. The van der Waals surface area contributed by atoms with Gasteiger partial charge in [-0.05, 0) is 43.0 Å². The molecule has 0 aliphatic heterocycles. The lowest BCUT2D eigenvalue weighted by atomic mass is 10.0. The Kier molecular flexibility index (Phi) is 2.88. The second kappa shape index (κ2) is 4.18. The maximum absolute atomic E-state index is 13.5. The number of ketones is 1. The first-order valence-electron chi connectivity index (χ1n) is 4.94. The molecule has 1 nitrogen and oxygen atoms in total. The van der Waals surface area contributed by atoms with Crippen LogP contribution in [0.2, 0.25) is 0 Å². The molecule has 0 fully saturated rings. The molecule has 0 saturated heterocycles. The van der Waals surface area contributed by atoms with Gasteiger partial charge in [0.25, 0.3) is 0 Å². The van der Waals surface area contributed by atoms with E-state index >= 15 is 0 Å². The topological polar surface area (TPSA) is 17.1 Å². The molecule has 0 saturated carbocycles. The molecule has 0 N–H and O–H groups in total. The van der Waals surface area contributed by atoms with Crippen molar-refractivity contribution in [2.45, 2.75) is 13.8 Å². The van der Waals surface area contributed by atoms with Crippen LogP contribution in [0.25, 0.3) is 0 Å². The lowest BCUT2D eigenvalue weighted by molar-refractivity contribution is 0.103. The van der Waals surface area contributed by atoms with Crippen molar-refractivity contribution in [2.24, 2.45) is 0 Å². The molecule has 0 atom stereocenters. The van der Waals surface area contributed by atoms with Crippen LogP contribution in [0, 0.1) is 19.7 Å². The van der Waals surface area contributed by atoms with Crippen LogP contribution in [-0.4, -0.2) is 5.78 Å². The fourth-order valence-corrected chi connectivity index (χ4v) is 2.42. The Bertz CT molecular complexity index is 543. The monoisotopic (exact) mass is 234 g/mol. The van der Waals surface area contributed by atoms with Crippen molar-refractivity contribution < 1.29 is 9.18 Å². The molecule has 0 unspecified atom stereocenters. The molecular weight excluding hydrogens is 223 g/mol. The zero-order chi connectivity index (χ0) is 11.7. The summed E-state index contributed by atoms with van der Waals surface area (Å²) in [4.78, 5) is 12.7. The number of hydrogen-bond donors (Lipinski definition) is 0. The number of benzene rings is 1. The van der Waals surface area contributed by atoms with Crippen LogP contribution in [0.3, 0.4) is 0 Å². The van der Waals surface area contributed by atoms with E-state index in [9.17, 15) is 9.18 Å². The molecule has 2 rings (SSSR count). The summed E-state index contributed by atoms with van der Waals surface area (Å²) in [5.74, 6) is -0.683. The van der Waals surface area contributed by atoms with Crippen molar-refractivity contribution in [1.82, 2.24) is 0 Å². The van der Waals surface area contributed by atoms with Gasteiger partial charge in [-0.2, -0.15) is 0 Å². The van der Waals surface area contributed by atoms with Crippen molar-refractivity contribution in [1.29, 1.82) is 0 Å². The molecule has 0 aliphatic rings. The van der Waals surface area contributed by atoms with Crippen LogP contribution >= 0.6 is 11.3 Å². The van der Waals surface area contributed by atoms with Gasteiger partial charge in [0.15, 0.2) is 0 Å². The first-order valence-corrected chi connectivity index (χ1v) is 5.82.